The summed E-state index contributed by atoms with van der Waals surface area (Å²) in [4.78, 5) is 20.2. The van der Waals surface area contributed by atoms with Gasteiger partial charge in [0.2, 0.25) is 0 Å². The molecule has 0 aromatic carbocycles. The number of carboxylic acid groups (broad SMARTS) is 1. The average Bonchev–Trinajstić information content (AvgIpc) is 2.15. The second-order valence-electron chi connectivity index (χ2n) is 3.14. The minimum Gasteiger partial charge on any atom is -0.481 e. The monoisotopic (exact) mass is 202 g/mol. The Bertz CT molecular complexity index is 153. The van der Waals surface area contributed by atoms with Gasteiger partial charge in [0.15, 0.2) is 0 Å². The molecule has 0 unspecified atom stereocenters. The molecular formula is C11H22O3. The van der Waals surface area contributed by atoms with Crippen molar-refractivity contribution in [2.45, 2.75) is 59.3 Å². The van der Waals surface area contributed by atoms with Gasteiger partial charge in [-0.1, -0.05) is 27.2 Å². The van der Waals surface area contributed by atoms with Crippen LogP contribution in [0, 0.1) is 0 Å². The van der Waals surface area contributed by atoms with Gasteiger partial charge in [0.25, 0.3) is 0 Å². The zero-order valence-corrected chi connectivity index (χ0v) is 9.51. The molecular weight excluding hydrogens is 180 g/mol. The molecule has 0 spiro atoms. The van der Waals surface area contributed by atoms with E-state index in [1.165, 1.54) is 0 Å². The molecule has 0 aliphatic carbocycles. The lowest BCUT2D eigenvalue weighted by atomic mass is 10.1. The van der Waals surface area contributed by atoms with Crippen molar-refractivity contribution in [2.75, 3.05) is 0 Å². The number of aliphatic carboxylic acids is 1. The van der Waals surface area contributed by atoms with Gasteiger partial charge >= 0.3 is 5.97 Å². The van der Waals surface area contributed by atoms with Gasteiger partial charge in [0.05, 0.1) is 0 Å². The van der Waals surface area contributed by atoms with E-state index in [0.717, 1.165) is 25.7 Å². The molecule has 0 fully saturated rings. The molecule has 0 saturated carbocycles. The Kier molecular flexibility index (Phi) is 13.5. The molecule has 0 bridgehead atoms. The van der Waals surface area contributed by atoms with Crippen LogP contribution in [0.3, 0.4) is 0 Å². The summed E-state index contributed by atoms with van der Waals surface area (Å²) < 4.78 is 0. The van der Waals surface area contributed by atoms with Crippen LogP contribution in [-0.4, -0.2) is 16.9 Å². The second-order valence-corrected chi connectivity index (χ2v) is 3.14. The Hall–Kier alpha value is -0.860. The maximum absolute atomic E-state index is 10.6. The molecule has 0 amide bonds. The van der Waals surface area contributed by atoms with Gasteiger partial charge in [-0.2, -0.15) is 0 Å². The second kappa shape index (κ2) is 12.1. The van der Waals surface area contributed by atoms with Gasteiger partial charge in [-0.15, -0.1) is 0 Å². The number of Topliss-reactive ketones (excluding diaryl/α,β-unsaturated/α-hetero) is 1. The topological polar surface area (TPSA) is 54.4 Å². The summed E-state index contributed by atoms with van der Waals surface area (Å²) in [5.41, 5.74) is 0. The first-order chi connectivity index (χ1) is 6.58. The minimum atomic E-state index is -0.711. The highest BCUT2D eigenvalue weighted by Crippen LogP contribution is 1.96. The first-order valence-corrected chi connectivity index (χ1v) is 5.31. The first-order valence-electron chi connectivity index (χ1n) is 5.31. The molecule has 14 heavy (non-hydrogen) atoms. The Morgan fingerprint density at radius 3 is 1.79 bits per heavy atom. The predicted octanol–water partition coefficient (Wildman–Crippen LogP) is 3.03. The van der Waals surface area contributed by atoms with Crippen molar-refractivity contribution in [3.63, 3.8) is 0 Å². The van der Waals surface area contributed by atoms with E-state index >= 15 is 0 Å². The van der Waals surface area contributed by atoms with Crippen LogP contribution in [-0.2, 0) is 9.59 Å². The normalized spacial score (nSPS) is 8.79. The molecule has 1 N–H and O–H groups in total. The Morgan fingerprint density at radius 2 is 1.57 bits per heavy atom. The lowest BCUT2D eigenvalue weighted by molar-refractivity contribution is -0.137. The molecule has 84 valence electrons. The Labute approximate surface area is 86.5 Å². The van der Waals surface area contributed by atoms with Gasteiger partial charge in [0, 0.05) is 19.3 Å². The van der Waals surface area contributed by atoms with Crippen LogP contribution in [0.15, 0.2) is 0 Å². The predicted molar refractivity (Wildman–Crippen MR) is 57.4 cm³/mol. The Morgan fingerprint density at radius 1 is 1.00 bits per heavy atom. The van der Waals surface area contributed by atoms with E-state index in [1.54, 1.807) is 0 Å². The maximum Gasteiger partial charge on any atom is 0.303 e. The molecule has 0 aliphatic rings. The van der Waals surface area contributed by atoms with Gasteiger partial charge in [-0.3, -0.25) is 9.59 Å². The van der Waals surface area contributed by atoms with E-state index in [4.69, 9.17) is 5.11 Å². The summed E-state index contributed by atoms with van der Waals surface area (Å²) in [5.74, 6) is -0.315. The third-order valence-corrected chi connectivity index (χ3v) is 1.67. The third kappa shape index (κ3) is 17.3. The SMILES string of the molecule is CCCC(=O)O.CCCCC(=O)CC. The van der Waals surface area contributed by atoms with Crippen LogP contribution >= 0.6 is 0 Å². The molecule has 0 rings (SSSR count). The number of hydrogen-bond donors (Lipinski definition) is 1. The van der Waals surface area contributed by atoms with Crippen molar-refractivity contribution in [3.05, 3.63) is 0 Å². The van der Waals surface area contributed by atoms with Crippen molar-refractivity contribution in [2.24, 2.45) is 0 Å². The number of carbonyl (C=O) groups excluding carboxylic acids is 1. The fourth-order valence-corrected chi connectivity index (χ4v) is 0.765. The summed E-state index contributed by atoms with van der Waals surface area (Å²) in [6.07, 6.45) is 4.71. The van der Waals surface area contributed by atoms with E-state index in [9.17, 15) is 9.59 Å². The molecule has 3 nitrogen and oxygen atoms in total. The third-order valence-electron chi connectivity index (χ3n) is 1.67. The van der Waals surface area contributed by atoms with Gasteiger partial charge in [0.1, 0.15) is 5.78 Å². The molecule has 3 heteroatoms. The van der Waals surface area contributed by atoms with Crippen LogP contribution in [0.2, 0.25) is 0 Å². The fourth-order valence-electron chi connectivity index (χ4n) is 0.765. The Balaban J connectivity index is 0. The van der Waals surface area contributed by atoms with E-state index in [-0.39, 0.29) is 0 Å². The number of unbranched alkanes of at least 4 members (excludes halogenated alkanes) is 1. The highest BCUT2D eigenvalue weighted by atomic mass is 16.4. The zero-order chi connectivity index (χ0) is 11.4. The molecule has 0 saturated heterocycles. The smallest absolute Gasteiger partial charge is 0.303 e. The summed E-state index contributed by atoms with van der Waals surface area (Å²) in [6, 6.07) is 0. The van der Waals surface area contributed by atoms with Crippen LogP contribution in [0.1, 0.15) is 59.3 Å². The van der Waals surface area contributed by atoms with Crippen molar-refractivity contribution < 1.29 is 14.7 Å². The number of carbonyl (C=O) groups is 2. The van der Waals surface area contributed by atoms with Gasteiger partial charge < -0.3 is 5.11 Å². The van der Waals surface area contributed by atoms with E-state index in [1.807, 2.05) is 13.8 Å². The van der Waals surface area contributed by atoms with E-state index in [0.29, 0.717) is 18.6 Å². The molecule has 0 radical (unpaired) electrons. The summed E-state index contributed by atoms with van der Waals surface area (Å²) in [7, 11) is 0. The standard InChI is InChI=1S/C7H14O.C4H8O2/c1-3-5-6-7(8)4-2;1-2-3-4(5)6/h3-6H2,1-2H3;2-3H2,1H3,(H,5,6). The summed E-state index contributed by atoms with van der Waals surface area (Å²) in [5, 5.41) is 7.91. The summed E-state index contributed by atoms with van der Waals surface area (Å²) in [6.45, 7) is 5.86. The van der Waals surface area contributed by atoms with Crippen LogP contribution in [0.4, 0.5) is 0 Å². The molecule has 0 atom stereocenters. The number of carboxylic acids is 1. The van der Waals surface area contributed by atoms with Gasteiger partial charge in [-0.05, 0) is 12.8 Å². The van der Waals surface area contributed by atoms with Crippen LogP contribution < -0.4 is 0 Å². The molecule has 0 aromatic rings. The van der Waals surface area contributed by atoms with Crippen molar-refractivity contribution in [1.82, 2.24) is 0 Å². The molecule has 0 aliphatic heterocycles. The van der Waals surface area contributed by atoms with Crippen LogP contribution in [0.5, 0.6) is 0 Å². The van der Waals surface area contributed by atoms with Crippen molar-refractivity contribution >= 4 is 11.8 Å². The number of ketones is 1. The van der Waals surface area contributed by atoms with Gasteiger partial charge in [-0.25, -0.2) is 0 Å². The lowest BCUT2D eigenvalue weighted by Gasteiger charge is -1.91. The highest BCUT2D eigenvalue weighted by Gasteiger charge is 1.93. The average molecular weight is 202 g/mol. The number of rotatable bonds is 6. The number of hydrogen-bond acceptors (Lipinski definition) is 2. The quantitative estimate of drug-likeness (QED) is 0.720. The zero-order valence-electron chi connectivity index (χ0n) is 9.51. The highest BCUT2D eigenvalue weighted by molar-refractivity contribution is 5.77. The molecule has 0 heterocycles. The lowest BCUT2D eigenvalue weighted by Crippen LogP contribution is -1.92. The van der Waals surface area contributed by atoms with Crippen molar-refractivity contribution in [3.8, 4) is 0 Å². The van der Waals surface area contributed by atoms with Crippen molar-refractivity contribution in [1.29, 1.82) is 0 Å². The van der Waals surface area contributed by atoms with E-state index in [2.05, 4.69) is 6.92 Å². The summed E-state index contributed by atoms with van der Waals surface area (Å²) >= 11 is 0. The molecule has 0 aromatic heterocycles. The fraction of sp³-hybridized carbons (Fsp3) is 0.818. The minimum absolute atomic E-state index is 0.292. The maximum atomic E-state index is 10.6. The largest absolute Gasteiger partial charge is 0.481 e. The first kappa shape index (κ1) is 15.6. The van der Waals surface area contributed by atoms with E-state index < -0.39 is 5.97 Å². The van der Waals surface area contributed by atoms with Crippen LogP contribution in [0.25, 0.3) is 0 Å².